The predicted octanol–water partition coefficient (Wildman–Crippen LogP) is 2.34. The summed E-state index contributed by atoms with van der Waals surface area (Å²) in [4.78, 5) is 11.9. The van der Waals surface area contributed by atoms with Crippen LogP contribution in [0.3, 0.4) is 0 Å². The number of nitriles is 1. The van der Waals surface area contributed by atoms with Gasteiger partial charge in [-0.2, -0.15) is 5.26 Å². The summed E-state index contributed by atoms with van der Waals surface area (Å²) >= 11 is 0. The molecule has 0 aliphatic rings. The van der Waals surface area contributed by atoms with E-state index < -0.39 is 5.54 Å². The largest absolute Gasteiger partial charge is 0.334 e. The van der Waals surface area contributed by atoms with E-state index in [-0.39, 0.29) is 5.91 Å². The first kappa shape index (κ1) is 12.3. The molecule has 0 bridgehead atoms. The van der Waals surface area contributed by atoms with Gasteiger partial charge in [0, 0.05) is 5.56 Å². The second-order valence-corrected chi connectivity index (χ2v) is 4.51. The van der Waals surface area contributed by atoms with Crippen LogP contribution in [0.15, 0.2) is 18.2 Å². The van der Waals surface area contributed by atoms with Crippen molar-refractivity contribution in [1.82, 2.24) is 5.32 Å². The monoisotopic (exact) mass is 216 g/mol. The summed E-state index contributed by atoms with van der Waals surface area (Å²) in [6.07, 6.45) is 0. The first-order valence-corrected chi connectivity index (χ1v) is 5.17. The van der Waals surface area contributed by atoms with Crippen molar-refractivity contribution in [3.05, 3.63) is 34.9 Å². The Balaban J connectivity index is 2.98. The summed E-state index contributed by atoms with van der Waals surface area (Å²) in [5, 5.41) is 11.5. The molecule has 1 rings (SSSR count). The summed E-state index contributed by atoms with van der Waals surface area (Å²) < 4.78 is 0. The minimum atomic E-state index is -0.840. The highest BCUT2D eigenvalue weighted by atomic mass is 16.1. The molecular weight excluding hydrogens is 200 g/mol. The molecule has 0 saturated carbocycles. The van der Waals surface area contributed by atoms with Gasteiger partial charge >= 0.3 is 0 Å². The van der Waals surface area contributed by atoms with Gasteiger partial charge in [-0.05, 0) is 39.3 Å². The van der Waals surface area contributed by atoms with Gasteiger partial charge in [-0.25, -0.2) is 0 Å². The molecule has 0 unspecified atom stereocenters. The van der Waals surface area contributed by atoms with Crippen molar-refractivity contribution in [3.63, 3.8) is 0 Å². The quantitative estimate of drug-likeness (QED) is 0.824. The van der Waals surface area contributed by atoms with Gasteiger partial charge in [-0.1, -0.05) is 17.7 Å². The SMILES string of the molecule is Cc1ccc(C)c(C(=O)NC(C)(C)C#N)c1. The van der Waals surface area contributed by atoms with Gasteiger partial charge in [0.1, 0.15) is 5.54 Å². The van der Waals surface area contributed by atoms with Crippen LogP contribution < -0.4 is 5.32 Å². The van der Waals surface area contributed by atoms with E-state index in [1.54, 1.807) is 13.8 Å². The Bertz CT molecular complexity index is 455. The molecule has 0 atom stereocenters. The fourth-order valence-electron chi connectivity index (χ4n) is 1.36. The lowest BCUT2D eigenvalue weighted by Gasteiger charge is -2.18. The molecule has 0 heterocycles. The third-order valence-electron chi connectivity index (χ3n) is 2.34. The van der Waals surface area contributed by atoms with Gasteiger partial charge in [0.05, 0.1) is 6.07 Å². The van der Waals surface area contributed by atoms with Crippen LogP contribution in [0.2, 0.25) is 0 Å². The van der Waals surface area contributed by atoms with Gasteiger partial charge in [-0.3, -0.25) is 4.79 Å². The van der Waals surface area contributed by atoms with E-state index in [9.17, 15) is 4.79 Å². The van der Waals surface area contributed by atoms with Gasteiger partial charge in [0.2, 0.25) is 0 Å². The maximum absolute atomic E-state index is 11.9. The maximum Gasteiger partial charge on any atom is 0.252 e. The number of carbonyl (C=O) groups excluding carboxylic acids is 1. The molecule has 84 valence electrons. The molecule has 0 spiro atoms. The number of benzene rings is 1. The van der Waals surface area contributed by atoms with Crippen molar-refractivity contribution in [3.8, 4) is 6.07 Å². The topological polar surface area (TPSA) is 52.9 Å². The minimum absolute atomic E-state index is 0.201. The van der Waals surface area contributed by atoms with E-state index in [4.69, 9.17) is 5.26 Å². The number of carbonyl (C=O) groups is 1. The number of hydrogen-bond acceptors (Lipinski definition) is 2. The first-order chi connectivity index (χ1) is 7.35. The molecule has 0 radical (unpaired) electrons. The van der Waals surface area contributed by atoms with Crippen LogP contribution in [-0.2, 0) is 0 Å². The fourth-order valence-corrected chi connectivity index (χ4v) is 1.36. The molecule has 0 aliphatic carbocycles. The number of hydrogen-bond donors (Lipinski definition) is 1. The van der Waals surface area contributed by atoms with Crippen LogP contribution >= 0.6 is 0 Å². The average Bonchev–Trinajstić information content (AvgIpc) is 2.21. The van der Waals surface area contributed by atoms with Crippen molar-refractivity contribution < 1.29 is 4.79 Å². The lowest BCUT2D eigenvalue weighted by atomic mass is 10.0. The zero-order valence-electron chi connectivity index (χ0n) is 10.1. The average molecular weight is 216 g/mol. The lowest BCUT2D eigenvalue weighted by molar-refractivity contribution is 0.0928. The Morgan fingerprint density at radius 3 is 2.56 bits per heavy atom. The number of nitrogens with zero attached hydrogens (tertiary/aromatic N) is 1. The van der Waals surface area contributed by atoms with Crippen molar-refractivity contribution >= 4 is 5.91 Å². The summed E-state index contributed by atoms with van der Waals surface area (Å²) in [6, 6.07) is 7.74. The van der Waals surface area contributed by atoms with Crippen LogP contribution in [0.4, 0.5) is 0 Å². The second-order valence-electron chi connectivity index (χ2n) is 4.51. The summed E-state index contributed by atoms with van der Waals surface area (Å²) in [6.45, 7) is 7.17. The highest BCUT2D eigenvalue weighted by Crippen LogP contribution is 2.12. The molecule has 0 fully saturated rings. The van der Waals surface area contributed by atoms with Gasteiger partial charge in [-0.15, -0.1) is 0 Å². The molecule has 0 aromatic heterocycles. The molecule has 0 saturated heterocycles. The van der Waals surface area contributed by atoms with Crippen molar-refractivity contribution in [2.24, 2.45) is 0 Å². The van der Waals surface area contributed by atoms with Crippen LogP contribution in [0, 0.1) is 25.2 Å². The Morgan fingerprint density at radius 1 is 1.38 bits per heavy atom. The summed E-state index contributed by atoms with van der Waals surface area (Å²) in [7, 11) is 0. The standard InChI is InChI=1S/C13H16N2O/c1-9-5-6-10(2)11(7-9)12(16)15-13(3,4)8-14/h5-7H,1-4H3,(H,15,16). The number of rotatable bonds is 2. The zero-order chi connectivity index (χ0) is 12.3. The Hall–Kier alpha value is -1.82. The van der Waals surface area contributed by atoms with Crippen molar-refractivity contribution in [2.75, 3.05) is 0 Å². The number of aryl methyl sites for hydroxylation is 2. The van der Waals surface area contributed by atoms with E-state index in [0.29, 0.717) is 5.56 Å². The van der Waals surface area contributed by atoms with E-state index in [1.807, 2.05) is 38.1 Å². The van der Waals surface area contributed by atoms with E-state index in [0.717, 1.165) is 11.1 Å². The van der Waals surface area contributed by atoms with E-state index in [1.165, 1.54) is 0 Å². The summed E-state index contributed by atoms with van der Waals surface area (Å²) in [5.74, 6) is -0.201. The zero-order valence-corrected chi connectivity index (χ0v) is 10.1. The molecule has 1 aromatic carbocycles. The predicted molar refractivity (Wildman–Crippen MR) is 63.1 cm³/mol. The third kappa shape index (κ3) is 2.83. The normalized spacial score (nSPS) is 10.7. The molecule has 0 aliphatic heterocycles. The fraction of sp³-hybridized carbons (Fsp3) is 0.385. The molecule has 1 N–H and O–H groups in total. The Kier molecular flexibility index (Phi) is 3.34. The lowest BCUT2D eigenvalue weighted by Crippen LogP contribution is -2.42. The van der Waals surface area contributed by atoms with Gasteiger partial charge in [0.25, 0.3) is 5.91 Å². The smallest absolute Gasteiger partial charge is 0.252 e. The highest BCUT2D eigenvalue weighted by Gasteiger charge is 2.21. The van der Waals surface area contributed by atoms with E-state index >= 15 is 0 Å². The highest BCUT2D eigenvalue weighted by molar-refractivity contribution is 5.96. The van der Waals surface area contributed by atoms with Crippen LogP contribution in [-0.4, -0.2) is 11.4 Å². The van der Waals surface area contributed by atoms with Gasteiger partial charge < -0.3 is 5.32 Å². The van der Waals surface area contributed by atoms with E-state index in [2.05, 4.69) is 5.32 Å². The molecule has 1 amide bonds. The molecule has 16 heavy (non-hydrogen) atoms. The second kappa shape index (κ2) is 4.36. The van der Waals surface area contributed by atoms with Crippen molar-refractivity contribution in [1.29, 1.82) is 5.26 Å². The van der Waals surface area contributed by atoms with Crippen LogP contribution in [0.1, 0.15) is 35.3 Å². The third-order valence-corrected chi connectivity index (χ3v) is 2.34. The first-order valence-electron chi connectivity index (χ1n) is 5.17. The number of nitrogens with one attached hydrogen (secondary N) is 1. The Morgan fingerprint density at radius 2 is 2.00 bits per heavy atom. The van der Waals surface area contributed by atoms with Gasteiger partial charge in [0.15, 0.2) is 0 Å². The molecule has 3 nitrogen and oxygen atoms in total. The number of amides is 1. The Labute approximate surface area is 96.1 Å². The molecule has 1 aromatic rings. The van der Waals surface area contributed by atoms with Crippen LogP contribution in [0.5, 0.6) is 0 Å². The molecule has 3 heteroatoms. The van der Waals surface area contributed by atoms with Crippen LogP contribution in [0.25, 0.3) is 0 Å². The summed E-state index contributed by atoms with van der Waals surface area (Å²) in [5.41, 5.74) is 1.73. The maximum atomic E-state index is 11.9. The minimum Gasteiger partial charge on any atom is -0.334 e. The molecular formula is C13H16N2O. The van der Waals surface area contributed by atoms with Crippen molar-refractivity contribution in [2.45, 2.75) is 33.2 Å².